The van der Waals surface area contributed by atoms with Gasteiger partial charge < -0.3 is 9.73 Å². The maximum atomic E-state index is 5.96. The minimum absolute atomic E-state index is 0.706. The Labute approximate surface area is 87.1 Å². The van der Waals surface area contributed by atoms with Crippen LogP contribution in [0.5, 0.6) is 0 Å². The number of fused-ring (bicyclic) bond motifs is 1. The zero-order valence-electron chi connectivity index (χ0n) is 7.88. The summed E-state index contributed by atoms with van der Waals surface area (Å²) in [5.41, 5.74) is 2.76. The second kappa shape index (κ2) is 3.98. The van der Waals surface area contributed by atoms with Crippen molar-refractivity contribution in [3.05, 3.63) is 29.1 Å². The molecular formula is C10H11ClN2O. The van der Waals surface area contributed by atoms with Gasteiger partial charge in [-0.05, 0) is 37.7 Å². The van der Waals surface area contributed by atoms with Gasteiger partial charge in [-0.25, -0.2) is 4.98 Å². The van der Waals surface area contributed by atoms with Crippen molar-refractivity contribution in [3.8, 4) is 0 Å². The highest BCUT2D eigenvalue weighted by Gasteiger charge is 2.06. The molecule has 0 saturated heterocycles. The van der Waals surface area contributed by atoms with Gasteiger partial charge in [0.2, 0.25) is 0 Å². The number of aromatic nitrogens is 1. The molecule has 0 atom stereocenters. The average molecular weight is 211 g/mol. The van der Waals surface area contributed by atoms with E-state index in [9.17, 15) is 0 Å². The number of nitrogens with zero attached hydrogens (tertiary/aromatic N) is 1. The molecule has 0 aliphatic heterocycles. The van der Waals surface area contributed by atoms with Gasteiger partial charge >= 0.3 is 0 Å². The lowest BCUT2D eigenvalue weighted by Gasteiger charge is -2.01. The molecule has 3 nitrogen and oxygen atoms in total. The number of halogens is 1. The van der Waals surface area contributed by atoms with Gasteiger partial charge in [-0.3, -0.25) is 0 Å². The molecule has 0 amide bonds. The summed E-state index contributed by atoms with van der Waals surface area (Å²) < 4.78 is 5.30. The van der Waals surface area contributed by atoms with Gasteiger partial charge in [0.25, 0.3) is 0 Å². The van der Waals surface area contributed by atoms with E-state index in [-0.39, 0.29) is 0 Å². The number of rotatable bonds is 3. The van der Waals surface area contributed by atoms with Crippen molar-refractivity contribution in [2.45, 2.75) is 6.42 Å². The SMILES string of the molecule is CNCCc1cc(Cl)cc2ncoc12. The Hall–Kier alpha value is -1.06. The van der Waals surface area contributed by atoms with Crippen molar-refractivity contribution in [3.63, 3.8) is 0 Å². The van der Waals surface area contributed by atoms with Crippen LogP contribution >= 0.6 is 11.6 Å². The molecule has 2 rings (SSSR count). The molecule has 2 aromatic rings. The number of nitrogens with one attached hydrogen (secondary N) is 1. The topological polar surface area (TPSA) is 38.1 Å². The molecule has 0 spiro atoms. The molecule has 74 valence electrons. The smallest absolute Gasteiger partial charge is 0.181 e. The normalized spacial score (nSPS) is 11.0. The van der Waals surface area contributed by atoms with E-state index in [2.05, 4.69) is 10.3 Å². The molecule has 0 aliphatic carbocycles. The summed E-state index contributed by atoms with van der Waals surface area (Å²) in [7, 11) is 1.92. The quantitative estimate of drug-likeness (QED) is 0.845. The van der Waals surface area contributed by atoms with E-state index in [1.807, 2.05) is 19.2 Å². The van der Waals surface area contributed by atoms with Crippen LogP contribution in [0.3, 0.4) is 0 Å². The van der Waals surface area contributed by atoms with Gasteiger partial charge in [-0.15, -0.1) is 0 Å². The molecular weight excluding hydrogens is 200 g/mol. The van der Waals surface area contributed by atoms with Crippen LogP contribution in [0.15, 0.2) is 22.9 Å². The molecule has 1 aromatic heterocycles. The van der Waals surface area contributed by atoms with Crippen LogP contribution in [-0.4, -0.2) is 18.6 Å². The number of benzene rings is 1. The first-order chi connectivity index (χ1) is 6.81. The first kappa shape index (κ1) is 9.49. The maximum absolute atomic E-state index is 5.96. The molecule has 0 fully saturated rings. The van der Waals surface area contributed by atoms with Crippen LogP contribution in [0, 0.1) is 0 Å². The number of hydrogen-bond acceptors (Lipinski definition) is 3. The van der Waals surface area contributed by atoms with Crippen LogP contribution in [0.4, 0.5) is 0 Å². The molecule has 4 heteroatoms. The van der Waals surface area contributed by atoms with Crippen LogP contribution in [0.2, 0.25) is 5.02 Å². The van der Waals surface area contributed by atoms with Crippen molar-refractivity contribution >= 4 is 22.7 Å². The Bertz CT molecular complexity index is 439. The van der Waals surface area contributed by atoms with E-state index in [0.717, 1.165) is 29.6 Å². The summed E-state index contributed by atoms with van der Waals surface area (Å²) >= 11 is 5.96. The molecule has 0 radical (unpaired) electrons. The summed E-state index contributed by atoms with van der Waals surface area (Å²) in [5, 5.41) is 3.79. The number of likely N-dealkylation sites (N-methyl/N-ethyl adjacent to an activating group) is 1. The lowest BCUT2D eigenvalue weighted by molar-refractivity contribution is 0.596. The van der Waals surface area contributed by atoms with E-state index >= 15 is 0 Å². The summed E-state index contributed by atoms with van der Waals surface area (Å²) in [6.07, 6.45) is 2.34. The zero-order valence-corrected chi connectivity index (χ0v) is 8.64. The van der Waals surface area contributed by atoms with Gasteiger partial charge in [0.15, 0.2) is 12.0 Å². The first-order valence-corrected chi connectivity index (χ1v) is 4.85. The second-order valence-electron chi connectivity index (χ2n) is 3.12. The maximum Gasteiger partial charge on any atom is 0.181 e. The fourth-order valence-corrected chi connectivity index (χ4v) is 1.68. The molecule has 0 aliphatic rings. The van der Waals surface area contributed by atoms with Gasteiger partial charge in [0, 0.05) is 5.02 Å². The fraction of sp³-hybridized carbons (Fsp3) is 0.300. The second-order valence-corrected chi connectivity index (χ2v) is 3.56. The minimum Gasteiger partial charge on any atom is -0.443 e. The highest BCUT2D eigenvalue weighted by Crippen LogP contribution is 2.23. The van der Waals surface area contributed by atoms with Crippen LogP contribution in [0.1, 0.15) is 5.56 Å². The van der Waals surface area contributed by atoms with Crippen LogP contribution < -0.4 is 5.32 Å². The Morgan fingerprint density at radius 2 is 2.36 bits per heavy atom. The predicted molar refractivity (Wildman–Crippen MR) is 56.6 cm³/mol. The third kappa shape index (κ3) is 1.74. The van der Waals surface area contributed by atoms with Crippen LogP contribution in [0.25, 0.3) is 11.1 Å². The van der Waals surface area contributed by atoms with Crippen molar-refractivity contribution in [1.29, 1.82) is 0 Å². The summed E-state index contributed by atoms with van der Waals surface area (Å²) in [6.45, 7) is 0.899. The zero-order chi connectivity index (χ0) is 9.97. The van der Waals surface area contributed by atoms with Crippen molar-refractivity contribution < 1.29 is 4.42 Å². The summed E-state index contributed by atoms with van der Waals surface area (Å²) in [4.78, 5) is 4.08. The molecule has 0 unspecified atom stereocenters. The van der Waals surface area contributed by atoms with Crippen molar-refractivity contribution in [1.82, 2.24) is 10.3 Å². The third-order valence-electron chi connectivity index (χ3n) is 2.12. The average Bonchev–Trinajstić information content (AvgIpc) is 2.61. The highest BCUT2D eigenvalue weighted by molar-refractivity contribution is 6.31. The van der Waals surface area contributed by atoms with Crippen molar-refractivity contribution in [2.75, 3.05) is 13.6 Å². The molecule has 1 N–H and O–H groups in total. The molecule has 0 saturated carbocycles. The Morgan fingerprint density at radius 3 is 3.14 bits per heavy atom. The number of oxazole rings is 1. The lowest BCUT2D eigenvalue weighted by atomic mass is 10.1. The van der Waals surface area contributed by atoms with Gasteiger partial charge in [0.1, 0.15) is 5.52 Å². The first-order valence-electron chi connectivity index (χ1n) is 4.47. The largest absolute Gasteiger partial charge is 0.443 e. The lowest BCUT2D eigenvalue weighted by Crippen LogP contribution is -2.10. The van der Waals surface area contributed by atoms with Crippen LogP contribution in [-0.2, 0) is 6.42 Å². The Kier molecular flexibility index (Phi) is 2.70. The Balaban J connectivity index is 2.44. The number of hydrogen-bond donors (Lipinski definition) is 1. The van der Waals surface area contributed by atoms with Crippen molar-refractivity contribution in [2.24, 2.45) is 0 Å². The minimum atomic E-state index is 0.706. The van der Waals surface area contributed by atoms with E-state index in [1.54, 1.807) is 0 Å². The predicted octanol–water partition coefficient (Wildman–Crippen LogP) is 2.24. The van der Waals surface area contributed by atoms with Gasteiger partial charge in [-0.1, -0.05) is 11.6 Å². The van der Waals surface area contributed by atoms with Gasteiger partial charge in [-0.2, -0.15) is 0 Å². The summed E-state index contributed by atoms with van der Waals surface area (Å²) in [5.74, 6) is 0. The van der Waals surface area contributed by atoms with E-state index in [4.69, 9.17) is 16.0 Å². The molecule has 14 heavy (non-hydrogen) atoms. The molecule has 1 aromatic carbocycles. The highest BCUT2D eigenvalue weighted by atomic mass is 35.5. The standard InChI is InChI=1S/C10H11ClN2O/c1-12-3-2-7-4-8(11)5-9-10(7)14-6-13-9/h4-6,12H,2-3H2,1H3. The van der Waals surface area contributed by atoms with E-state index < -0.39 is 0 Å². The monoisotopic (exact) mass is 210 g/mol. The van der Waals surface area contributed by atoms with Gasteiger partial charge in [0.05, 0.1) is 0 Å². The summed E-state index contributed by atoms with van der Waals surface area (Å²) in [6, 6.07) is 3.73. The Morgan fingerprint density at radius 1 is 1.50 bits per heavy atom. The fourth-order valence-electron chi connectivity index (χ4n) is 1.45. The van der Waals surface area contributed by atoms with E-state index in [0.29, 0.717) is 5.02 Å². The molecule has 1 heterocycles. The molecule has 0 bridgehead atoms. The van der Waals surface area contributed by atoms with E-state index in [1.165, 1.54) is 6.39 Å². The third-order valence-corrected chi connectivity index (χ3v) is 2.34.